The van der Waals surface area contributed by atoms with Gasteiger partial charge in [0.05, 0.1) is 0 Å². The first-order chi connectivity index (χ1) is 23.3. The topological polar surface area (TPSA) is 167 Å². The SMILES string of the molecule is C[C@@H]1CC(=O)Nc2ccc(OC(F)F)c(c2)CN(C)C(=O)[C@H](Nc2ccc(C(=N)N)cc2)c2ccc(OCC(F)F)c1c2.O=C(O)C(F)(F)F. The Kier molecular flexibility index (Phi) is 13.0. The molecule has 0 fully saturated rings. The fourth-order valence-corrected chi connectivity index (χ4v) is 4.76. The summed E-state index contributed by atoms with van der Waals surface area (Å²) in [5.74, 6) is -4.28. The summed E-state index contributed by atoms with van der Waals surface area (Å²) in [7, 11) is 1.49. The molecule has 0 aromatic heterocycles. The molecule has 2 amide bonds. The molecule has 0 radical (unpaired) electrons. The number of nitrogen functional groups attached to an aromatic ring is 1. The number of ether oxygens (including phenoxy) is 2. The number of likely N-dealkylation sites (N-methyl/N-ethyl adjacent to an activating group) is 1. The van der Waals surface area contributed by atoms with Crippen LogP contribution in [0.2, 0.25) is 0 Å². The van der Waals surface area contributed by atoms with E-state index >= 15 is 0 Å². The van der Waals surface area contributed by atoms with Crippen LogP contribution in [0.4, 0.5) is 42.1 Å². The molecule has 4 rings (SSSR count). The number of aliphatic carboxylic acids is 1. The summed E-state index contributed by atoms with van der Waals surface area (Å²) in [6.45, 7) is -2.39. The smallest absolute Gasteiger partial charge is 0.487 e. The standard InChI is InChI=1S/C30H31F4N5O4.C2HF3O2/c1-16-11-26(40)37-21-8-10-23(43-30(33)34)19(12-21)14-39(2)29(41)27(38-20-6-3-17(4-7-20)28(35)36)18-5-9-24(22(16)13-18)42-15-25(31)32;3-2(4,5)1(6)7/h3-10,12-13,16,25,27,30,38H,11,14-15H2,1-2H3,(H3,35,36)(H,37,40);(H,6,7)/t16-,27-;/m1./s1. The highest BCUT2D eigenvalue weighted by Gasteiger charge is 2.38. The molecule has 270 valence electrons. The number of fused-ring (bicyclic) bond motifs is 4. The number of halogens is 7. The largest absolute Gasteiger partial charge is 0.490 e. The first-order valence-electron chi connectivity index (χ1n) is 14.5. The number of amides is 2. The lowest BCUT2D eigenvalue weighted by molar-refractivity contribution is -0.192. The van der Waals surface area contributed by atoms with Gasteiger partial charge in [-0.2, -0.15) is 22.0 Å². The van der Waals surface area contributed by atoms with Crippen LogP contribution in [-0.4, -0.2) is 66.5 Å². The minimum atomic E-state index is -5.08. The number of hydrogen-bond acceptors (Lipinski definition) is 7. The van der Waals surface area contributed by atoms with Crippen LogP contribution in [0.15, 0.2) is 60.7 Å². The first kappa shape index (κ1) is 38.9. The monoisotopic (exact) mass is 715 g/mol. The lowest BCUT2D eigenvalue weighted by atomic mass is 9.92. The lowest BCUT2D eigenvalue weighted by Gasteiger charge is -2.28. The van der Waals surface area contributed by atoms with Crippen LogP contribution < -0.4 is 25.8 Å². The predicted molar refractivity (Wildman–Crippen MR) is 167 cm³/mol. The van der Waals surface area contributed by atoms with E-state index in [2.05, 4.69) is 15.4 Å². The molecular formula is C32H32F7N5O6. The Morgan fingerprint density at radius 1 is 1.06 bits per heavy atom. The number of hydrogen-bond donors (Lipinski definition) is 5. The number of nitrogens with one attached hydrogen (secondary N) is 3. The van der Waals surface area contributed by atoms with Gasteiger partial charge in [-0.25, -0.2) is 13.6 Å². The summed E-state index contributed by atoms with van der Waals surface area (Å²) >= 11 is 0. The molecule has 1 aliphatic heterocycles. The van der Waals surface area contributed by atoms with Gasteiger partial charge >= 0.3 is 18.8 Å². The molecular weight excluding hydrogens is 683 g/mol. The van der Waals surface area contributed by atoms with E-state index < -0.39 is 55.6 Å². The molecule has 3 aromatic rings. The Bertz CT molecular complexity index is 1690. The third kappa shape index (κ3) is 11.0. The number of alkyl halides is 7. The van der Waals surface area contributed by atoms with E-state index in [9.17, 15) is 40.3 Å². The van der Waals surface area contributed by atoms with Gasteiger partial charge in [0.1, 0.15) is 30.0 Å². The second kappa shape index (κ2) is 16.7. The molecule has 0 aliphatic carbocycles. The molecule has 1 heterocycles. The molecule has 0 saturated heterocycles. The zero-order chi connectivity index (χ0) is 37.3. The number of carboxylic acid groups (broad SMARTS) is 1. The van der Waals surface area contributed by atoms with Crippen molar-refractivity contribution in [2.24, 2.45) is 5.73 Å². The fraction of sp³-hybridized carbons (Fsp3) is 0.312. The van der Waals surface area contributed by atoms with Crippen LogP contribution in [0.25, 0.3) is 0 Å². The van der Waals surface area contributed by atoms with Crippen molar-refractivity contribution < 1.29 is 59.7 Å². The Morgan fingerprint density at radius 3 is 2.24 bits per heavy atom. The number of carboxylic acids is 1. The summed E-state index contributed by atoms with van der Waals surface area (Å²) in [5.41, 5.74) is 7.96. The maximum Gasteiger partial charge on any atom is 0.490 e. The van der Waals surface area contributed by atoms with Crippen molar-refractivity contribution in [3.05, 3.63) is 82.9 Å². The van der Waals surface area contributed by atoms with Crippen molar-refractivity contribution in [2.45, 2.75) is 51.1 Å². The van der Waals surface area contributed by atoms with Gasteiger partial charge in [0.15, 0.2) is 0 Å². The first-order valence-corrected chi connectivity index (χ1v) is 14.5. The van der Waals surface area contributed by atoms with Gasteiger partial charge in [-0.05, 0) is 71.6 Å². The molecule has 0 unspecified atom stereocenters. The second-order valence-corrected chi connectivity index (χ2v) is 10.9. The van der Waals surface area contributed by atoms with Crippen molar-refractivity contribution in [1.82, 2.24) is 4.90 Å². The van der Waals surface area contributed by atoms with Gasteiger partial charge in [-0.1, -0.05) is 13.0 Å². The fourth-order valence-electron chi connectivity index (χ4n) is 4.76. The van der Waals surface area contributed by atoms with E-state index in [0.717, 1.165) is 0 Å². The van der Waals surface area contributed by atoms with E-state index in [1.54, 1.807) is 43.3 Å². The van der Waals surface area contributed by atoms with Crippen LogP contribution in [0.5, 0.6) is 11.5 Å². The molecule has 50 heavy (non-hydrogen) atoms. The zero-order valence-corrected chi connectivity index (χ0v) is 26.4. The van der Waals surface area contributed by atoms with Crippen molar-refractivity contribution in [1.29, 1.82) is 5.41 Å². The average molecular weight is 716 g/mol. The van der Waals surface area contributed by atoms with E-state index in [1.807, 2.05) is 0 Å². The highest BCUT2D eigenvalue weighted by Crippen LogP contribution is 2.35. The number of anilines is 2. The lowest BCUT2D eigenvalue weighted by Crippen LogP contribution is -2.35. The number of nitrogens with two attached hydrogens (primary N) is 1. The zero-order valence-electron chi connectivity index (χ0n) is 26.4. The minimum absolute atomic E-state index is 0.0719. The van der Waals surface area contributed by atoms with Crippen molar-refractivity contribution in [3.8, 4) is 11.5 Å². The van der Waals surface area contributed by atoms with E-state index in [0.29, 0.717) is 28.1 Å². The minimum Gasteiger partial charge on any atom is -0.487 e. The highest BCUT2D eigenvalue weighted by molar-refractivity contribution is 5.95. The summed E-state index contributed by atoms with van der Waals surface area (Å²) in [4.78, 5) is 37.2. The van der Waals surface area contributed by atoms with E-state index in [4.69, 9.17) is 25.8 Å². The third-order valence-electron chi connectivity index (χ3n) is 7.09. The molecule has 2 atom stereocenters. The van der Waals surface area contributed by atoms with Gasteiger partial charge < -0.3 is 35.8 Å². The summed E-state index contributed by atoms with van der Waals surface area (Å²) < 4.78 is 94.1. The number of carbonyl (C=O) groups excluding carboxylic acids is 2. The van der Waals surface area contributed by atoms with Crippen LogP contribution in [0.1, 0.15) is 47.6 Å². The maximum absolute atomic E-state index is 14.0. The Balaban J connectivity index is 0.000000872. The summed E-state index contributed by atoms with van der Waals surface area (Å²) in [6, 6.07) is 14.3. The normalized spacial score (nSPS) is 16.5. The van der Waals surface area contributed by atoms with Crippen LogP contribution in [0.3, 0.4) is 0 Å². The molecule has 6 N–H and O–H groups in total. The van der Waals surface area contributed by atoms with E-state index in [-0.39, 0.29) is 35.9 Å². The number of benzene rings is 3. The highest BCUT2D eigenvalue weighted by atomic mass is 19.4. The van der Waals surface area contributed by atoms with Gasteiger partial charge in [-0.3, -0.25) is 15.0 Å². The second-order valence-electron chi connectivity index (χ2n) is 10.9. The van der Waals surface area contributed by atoms with Crippen molar-refractivity contribution >= 4 is 35.0 Å². The number of carbonyl (C=O) groups is 3. The molecule has 4 bridgehead atoms. The molecule has 1 aliphatic rings. The molecule has 0 spiro atoms. The van der Waals surface area contributed by atoms with Crippen molar-refractivity contribution in [3.63, 3.8) is 0 Å². The number of nitrogens with zero attached hydrogens (tertiary/aromatic N) is 1. The Morgan fingerprint density at radius 2 is 1.68 bits per heavy atom. The Labute approximate surface area is 280 Å². The molecule has 18 heteroatoms. The Hall–Kier alpha value is -5.55. The average Bonchev–Trinajstić information content (AvgIpc) is 3.02. The third-order valence-corrected chi connectivity index (χ3v) is 7.09. The maximum atomic E-state index is 14.0. The number of amidine groups is 1. The van der Waals surface area contributed by atoms with Crippen LogP contribution >= 0.6 is 0 Å². The molecule has 0 saturated carbocycles. The van der Waals surface area contributed by atoms with E-state index in [1.165, 1.54) is 36.2 Å². The van der Waals surface area contributed by atoms with Crippen LogP contribution in [0, 0.1) is 5.41 Å². The van der Waals surface area contributed by atoms with Crippen LogP contribution in [-0.2, 0) is 20.9 Å². The summed E-state index contributed by atoms with van der Waals surface area (Å²) in [6.07, 6.45) is -7.88. The van der Waals surface area contributed by atoms with Gasteiger partial charge in [0.25, 0.3) is 6.43 Å². The van der Waals surface area contributed by atoms with Gasteiger partial charge in [0, 0.05) is 42.5 Å². The van der Waals surface area contributed by atoms with Gasteiger partial charge in [-0.15, -0.1) is 0 Å². The molecule has 3 aromatic carbocycles. The summed E-state index contributed by atoms with van der Waals surface area (Å²) in [5, 5.41) is 20.6. The quantitative estimate of drug-likeness (QED) is 0.106. The molecule has 11 nitrogen and oxygen atoms in total. The predicted octanol–water partition coefficient (Wildman–Crippen LogP) is 6.11. The van der Waals surface area contributed by atoms with Gasteiger partial charge in [0.2, 0.25) is 11.8 Å². The van der Waals surface area contributed by atoms with Crippen molar-refractivity contribution in [2.75, 3.05) is 24.3 Å². The number of rotatable bonds is 8.